The Balaban J connectivity index is 3.18. The van der Waals surface area contributed by atoms with Crippen LogP contribution in [0.4, 0.5) is 11.4 Å². The zero-order valence-corrected chi connectivity index (χ0v) is 10.5. The maximum Gasteiger partial charge on any atom is 0.527 e. The minimum atomic E-state index is -4.49. The van der Waals surface area contributed by atoms with Crippen molar-refractivity contribution in [3.8, 4) is 5.75 Å². The molecule has 1 aromatic rings. The monoisotopic (exact) mass is 292 g/mol. The van der Waals surface area contributed by atoms with Crippen LogP contribution in [0.2, 0.25) is 0 Å². The van der Waals surface area contributed by atoms with Gasteiger partial charge in [-0.3, -0.25) is 29.6 Å². The molecule has 1 rings (SSSR count). The third-order valence-corrected chi connectivity index (χ3v) is 2.87. The van der Waals surface area contributed by atoms with Crippen LogP contribution >= 0.6 is 7.82 Å². The maximum absolute atomic E-state index is 11.3. The fraction of sp³-hybridized carbons (Fsp3) is 0.250. The molecule has 10 nitrogen and oxygen atoms in total. The van der Waals surface area contributed by atoms with E-state index in [-0.39, 0.29) is 6.61 Å². The molecular formula is C8H9N2O8P. The molecule has 0 bridgehead atoms. The summed E-state index contributed by atoms with van der Waals surface area (Å²) in [6.45, 7) is 1.28. The van der Waals surface area contributed by atoms with Crippen molar-refractivity contribution in [1.29, 1.82) is 0 Å². The van der Waals surface area contributed by atoms with Crippen molar-refractivity contribution in [3.05, 3.63) is 38.4 Å². The molecule has 0 spiro atoms. The zero-order valence-electron chi connectivity index (χ0n) is 9.59. The highest BCUT2D eigenvalue weighted by Gasteiger charge is 2.28. The molecule has 1 atom stereocenters. The van der Waals surface area contributed by atoms with Gasteiger partial charge in [0.05, 0.1) is 22.5 Å². The van der Waals surface area contributed by atoms with Gasteiger partial charge in [-0.25, -0.2) is 4.57 Å². The first-order chi connectivity index (χ1) is 8.76. The minimum absolute atomic E-state index is 0.144. The van der Waals surface area contributed by atoms with Crippen molar-refractivity contribution in [2.24, 2.45) is 0 Å². The molecule has 0 saturated heterocycles. The smallest absolute Gasteiger partial charge is 0.397 e. The first-order valence-corrected chi connectivity index (χ1v) is 6.36. The Hall–Kier alpha value is -2.03. The van der Waals surface area contributed by atoms with Gasteiger partial charge in [-0.1, -0.05) is 0 Å². The summed E-state index contributed by atoms with van der Waals surface area (Å²) in [6.07, 6.45) is 0. The van der Waals surface area contributed by atoms with Crippen LogP contribution < -0.4 is 4.52 Å². The second kappa shape index (κ2) is 5.74. The molecular weight excluding hydrogens is 283 g/mol. The number of phosphoric acid groups is 1. The molecule has 11 heteroatoms. The lowest BCUT2D eigenvalue weighted by Crippen LogP contribution is -2.00. The summed E-state index contributed by atoms with van der Waals surface area (Å²) in [5.41, 5.74) is -1.34. The van der Waals surface area contributed by atoms with Crippen LogP contribution in [-0.4, -0.2) is 21.3 Å². The van der Waals surface area contributed by atoms with Crippen LogP contribution in [0.25, 0.3) is 0 Å². The lowest BCUT2D eigenvalue weighted by molar-refractivity contribution is -0.394. The molecule has 0 aliphatic heterocycles. The first-order valence-electron chi connectivity index (χ1n) is 4.86. The number of phosphoric ester groups is 1. The fourth-order valence-corrected chi connectivity index (χ4v) is 1.93. The first kappa shape index (κ1) is 15.0. The van der Waals surface area contributed by atoms with Crippen LogP contribution in [0.3, 0.4) is 0 Å². The van der Waals surface area contributed by atoms with Crippen molar-refractivity contribution >= 4 is 19.2 Å². The van der Waals surface area contributed by atoms with Gasteiger partial charge < -0.3 is 4.52 Å². The highest BCUT2D eigenvalue weighted by molar-refractivity contribution is 7.47. The molecule has 1 aromatic carbocycles. The van der Waals surface area contributed by atoms with Crippen LogP contribution in [0.5, 0.6) is 5.75 Å². The average Bonchev–Trinajstić information content (AvgIpc) is 2.27. The zero-order chi connectivity index (χ0) is 14.6. The standard InChI is InChI=1S/C8H9N2O8P/c1-2-17-19(15,16)18-8-4-3-6(9(11)12)5-7(8)10(13)14/h3-5H,2H2,1H3,(H,15,16). The van der Waals surface area contributed by atoms with Gasteiger partial charge >= 0.3 is 13.5 Å². The Morgan fingerprint density at radius 3 is 2.42 bits per heavy atom. The molecule has 0 aliphatic rings. The van der Waals surface area contributed by atoms with Gasteiger partial charge in [-0.15, -0.1) is 0 Å². The maximum atomic E-state index is 11.3. The Morgan fingerprint density at radius 2 is 1.95 bits per heavy atom. The largest absolute Gasteiger partial charge is 0.527 e. The SMILES string of the molecule is CCOP(=O)(O)Oc1ccc([N+](=O)[O-])cc1[N+](=O)[O-]. The van der Waals surface area contributed by atoms with E-state index in [9.17, 15) is 29.7 Å². The van der Waals surface area contributed by atoms with Crippen molar-refractivity contribution < 1.29 is 28.4 Å². The van der Waals surface area contributed by atoms with E-state index < -0.39 is 34.8 Å². The van der Waals surface area contributed by atoms with Gasteiger partial charge in [-0.05, 0) is 13.0 Å². The quantitative estimate of drug-likeness (QED) is 0.476. The number of benzene rings is 1. The predicted octanol–water partition coefficient (Wildman–Crippen LogP) is 2.02. The normalized spacial score (nSPS) is 13.6. The third kappa shape index (κ3) is 3.98. The molecule has 1 N–H and O–H groups in total. The molecule has 0 amide bonds. The van der Waals surface area contributed by atoms with Crippen molar-refractivity contribution in [3.63, 3.8) is 0 Å². The van der Waals surface area contributed by atoms with Crippen LogP contribution in [0, 0.1) is 20.2 Å². The summed E-state index contributed by atoms with van der Waals surface area (Å²) >= 11 is 0. The lowest BCUT2D eigenvalue weighted by atomic mass is 10.2. The molecule has 1 unspecified atom stereocenters. The highest BCUT2D eigenvalue weighted by atomic mass is 31.2. The second-order valence-corrected chi connectivity index (χ2v) is 4.52. The topological polar surface area (TPSA) is 142 Å². The number of hydrogen-bond donors (Lipinski definition) is 1. The van der Waals surface area contributed by atoms with E-state index in [1.165, 1.54) is 6.92 Å². The van der Waals surface area contributed by atoms with E-state index >= 15 is 0 Å². The average molecular weight is 292 g/mol. The van der Waals surface area contributed by atoms with Gasteiger partial charge in [0, 0.05) is 6.07 Å². The number of nitro groups is 2. The third-order valence-electron chi connectivity index (χ3n) is 1.86. The van der Waals surface area contributed by atoms with Gasteiger partial charge in [0.25, 0.3) is 5.69 Å². The van der Waals surface area contributed by atoms with Crippen LogP contribution in [0.15, 0.2) is 18.2 Å². The Morgan fingerprint density at radius 1 is 1.32 bits per heavy atom. The second-order valence-electron chi connectivity index (χ2n) is 3.14. The highest BCUT2D eigenvalue weighted by Crippen LogP contribution is 2.46. The summed E-state index contributed by atoms with van der Waals surface area (Å²) in [7, 11) is -4.49. The molecule has 0 fully saturated rings. The number of hydrogen-bond acceptors (Lipinski definition) is 7. The van der Waals surface area contributed by atoms with E-state index in [2.05, 4.69) is 9.05 Å². The Labute approximate surface area is 106 Å². The summed E-state index contributed by atoms with van der Waals surface area (Å²) in [5, 5.41) is 21.2. The predicted molar refractivity (Wildman–Crippen MR) is 61.8 cm³/mol. The Bertz CT molecular complexity index is 560. The van der Waals surface area contributed by atoms with E-state index in [0.29, 0.717) is 6.07 Å². The minimum Gasteiger partial charge on any atom is -0.397 e. The fourth-order valence-electron chi connectivity index (χ4n) is 1.15. The lowest BCUT2D eigenvalue weighted by Gasteiger charge is -2.11. The summed E-state index contributed by atoms with van der Waals surface area (Å²) in [5.74, 6) is -0.588. The summed E-state index contributed by atoms with van der Waals surface area (Å²) in [6, 6.07) is 2.40. The molecule has 104 valence electrons. The molecule has 0 heterocycles. The van der Waals surface area contributed by atoms with E-state index in [1.54, 1.807) is 0 Å². The van der Waals surface area contributed by atoms with Crippen LogP contribution in [0.1, 0.15) is 6.92 Å². The van der Waals surface area contributed by atoms with Gasteiger partial charge in [0.1, 0.15) is 0 Å². The number of nitrogens with zero attached hydrogens (tertiary/aromatic N) is 2. The molecule has 0 aliphatic carbocycles. The number of nitro benzene ring substituents is 2. The van der Waals surface area contributed by atoms with E-state index in [1.807, 2.05) is 0 Å². The molecule has 19 heavy (non-hydrogen) atoms. The summed E-state index contributed by atoms with van der Waals surface area (Å²) < 4.78 is 20.2. The van der Waals surface area contributed by atoms with Crippen molar-refractivity contribution in [2.45, 2.75) is 6.92 Å². The number of non-ortho nitro benzene ring substituents is 1. The Kier molecular flexibility index (Phi) is 4.54. The van der Waals surface area contributed by atoms with Crippen LogP contribution in [-0.2, 0) is 9.09 Å². The van der Waals surface area contributed by atoms with Gasteiger partial charge in [-0.2, -0.15) is 0 Å². The van der Waals surface area contributed by atoms with Crippen molar-refractivity contribution in [2.75, 3.05) is 6.61 Å². The van der Waals surface area contributed by atoms with Crippen molar-refractivity contribution in [1.82, 2.24) is 0 Å². The molecule has 0 radical (unpaired) electrons. The van der Waals surface area contributed by atoms with E-state index in [4.69, 9.17) is 0 Å². The van der Waals surface area contributed by atoms with E-state index in [0.717, 1.165) is 12.1 Å². The van der Waals surface area contributed by atoms with Gasteiger partial charge in [0.2, 0.25) is 5.75 Å². The molecule has 0 saturated carbocycles. The molecule has 0 aromatic heterocycles. The summed E-state index contributed by atoms with van der Waals surface area (Å²) in [4.78, 5) is 28.6. The van der Waals surface area contributed by atoms with Gasteiger partial charge in [0.15, 0.2) is 0 Å². The number of rotatable bonds is 6.